The summed E-state index contributed by atoms with van der Waals surface area (Å²) >= 11 is 0. The molecular weight excluding hydrogens is 202 g/mol. The molecule has 0 amide bonds. The maximum absolute atomic E-state index is 5.33. The first kappa shape index (κ1) is 10.7. The minimum Gasteiger partial charge on any atom is -0.496 e. The van der Waals surface area contributed by atoms with Crippen LogP contribution in [-0.2, 0) is 0 Å². The van der Waals surface area contributed by atoms with Crippen molar-refractivity contribution in [1.29, 1.82) is 0 Å². The second-order valence-electron chi connectivity index (χ2n) is 3.90. The molecule has 0 bridgehead atoms. The van der Waals surface area contributed by atoms with Gasteiger partial charge in [-0.05, 0) is 43.5 Å². The molecular formula is C13H15NO2. The zero-order chi connectivity index (χ0) is 11.7. The van der Waals surface area contributed by atoms with E-state index in [0.717, 1.165) is 28.2 Å². The average Bonchev–Trinajstić information content (AvgIpc) is 2.77. The normalized spacial score (nSPS) is 10.5. The number of nitrogens with zero attached hydrogens (tertiary/aromatic N) is 1. The third-order valence-corrected chi connectivity index (χ3v) is 2.95. The molecule has 3 heteroatoms. The van der Waals surface area contributed by atoms with Crippen LogP contribution in [0.1, 0.15) is 16.7 Å². The predicted octanol–water partition coefficient (Wildman–Crippen LogP) is 3.28. The van der Waals surface area contributed by atoms with E-state index in [1.807, 2.05) is 26.0 Å². The van der Waals surface area contributed by atoms with Crippen LogP contribution in [0.25, 0.3) is 11.3 Å². The number of hydrogen-bond donors (Lipinski definition) is 0. The third-order valence-electron chi connectivity index (χ3n) is 2.95. The lowest BCUT2D eigenvalue weighted by atomic mass is 9.96. The van der Waals surface area contributed by atoms with E-state index < -0.39 is 0 Å². The second-order valence-corrected chi connectivity index (χ2v) is 3.90. The zero-order valence-electron chi connectivity index (χ0n) is 10.00. The number of ether oxygens (including phenoxy) is 1. The van der Waals surface area contributed by atoms with E-state index >= 15 is 0 Å². The van der Waals surface area contributed by atoms with Crippen LogP contribution >= 0.6 is 0 Å². The van der Waals surface area contributed by atoms with Gasteiger partial charge >= 0.3 is 0 Å². The molecule has 16 heavy (non-hydrogen) atoms. The fraction of sp³-hybridized carbons (Fsp3) is 0.308. The van der Waals surface area contributed by atoms with Gasteiger partial charge in [-0.2, -0.15) is 0 Å². The van der Waals surface area contributed by atoms with Crippen molar-refractivity contribution in [2.45, 2.75) is 20.8 Å². The standard InChI is InChI=1S/C13H15NO2/c1-8-7-12(15-4)9(2)10(3)13(8)11-5-6-14-16-11/h5-7H,1-4H3. The number of aromatic nitrogens is 1. The molecule has 0 spiro atoms. The maximum Gasteiger partial charge on any atom is 0.167 e. The summed E-state index contributed by atoms with van der Waals surface area (Å²) in [7, 11) is 1.69. The van der Waals surface area contributed by atoms with E-state index in [2.05, 4.69) is 12.1 Å². The third kappa shape index (κ3) is 1.58. The van der Waals surface area contributed by atoms with Crippen molar-refractivity contribution in [1.82, 2.24) is 5.16 Å². The largest absolute Gasteiger partial charge is 0.496 e. The first-order chi connectivity index (χ1) is 7.65. The van der Waals surface area contributed by atoms with E-state index in [9.17, 15) is 0 Å². The van der Waals surface area contributed by atoms with E-state index in [0.29, 0.717) is 0 Å². The van der Waals surface area contributed by atoms with Crippen LogP contribution in [0.3, 0.4) is 0 Å². The Morgan fingerprint density at radius 2 is 1.94 bits per heavy atom. The summed E-state index contributed by atoms with van der Waals surface area (Å²) in [6.45, 7) is 6.17. The molecule has 1 heterocycles. The van der Waals surface area contributed by atoms with Gasteiger partial charge in [0.15, 0.2) is 5.76 Å². The lowest BCUT2D eigenvalue weighted by Crippen LogP contribution is -1.95. The van der Waals surface area contributed by atoms with Crippen LogP contribution in [0.15, 0.2) is 22.9 Å². The van der Waals surface area contributed by atoms with Gasteiger partial charge in [0.05, 0.1) is 13.3 Å². The molecule has 0 saturated carbocycles. The lowest BCUT2D eigenvalue weighted by molar-refractivity contribution is 0.410. The summed E-state index contributed by atoms with van der Waals surface area (Å²) in [4.78, 5) is 0. The van der Waals surface area contributed by atoms with Crippen LogP contribution in [0, 0.1) is 20.8 Å². The highest BCUT2D eigenvalue weighted by Gasteiger charge is 2.14. The van der Waals surface area contributed by atoms with Gasteiger partial charge in [-0.25, -0.2) is 0 Å². The molecule has 1 aromatic heterocycles. The van der Waals surface area contributed by atoms with Gasteiger partial charge in [0.25, 0.3) is 0 Å². The van der Waals surface area contributed by atoms with Gasteiger partial charge in [0, 0.05) is 11.6 Å². The van der Waals surface area contributed by atoms with Gasteiger partial charge in [-0.15, -0.1) is 0 Å². The summed E-state index contributed by atoms with van der Waals surface area (Å²) in [5.41, 5.74) is 4.56. The summed E-state index contributed by atoms with van der Waals surface area (Å²) in [6, 6.07) is 3.90. The van der Waals surface area contributed by atoms with Crippen LogP contribution in [0.2, 0.25) is 0 Å². The Kier molecular flexibility index (Phi) is 2.69. The van der Waals surface area contributed by atoms with Crippen LogP contribution < -0.4 is 4.74 Å². The Hall–Kier alpha value is -1.77. The van der Waals surface area contributed by atoms with Gasteiger partial charge < -0.3 is 9.26 Å². The fourth-order valence-corrected chi connectivity index (χ4v) is 1.98. The van der Waals surface area contributed by atoms with Gasteiger partial charge in [-0.1, -0.05) is 5.16 Å². The van der Waals surface area contributed by atoms with E-state index in [4.69, 9.17) is 9.26 Å². The Morgan fingerprint density at radius 3 is 2.50 bits per heavy atom. The van der Waals surface area contributed by atoms with Crippen LogP contribution in [-0.4, -0.2) is 12.3 Å². The van der Waals surface area contributed by atoms with Crippen molar-refractivity contribution >= 4 is 0 Å². The van der Waals surface area contributed by atoms with E-state index in [1.54, 1.807) is 13.3 Å². The van der Waals surface area contributed by atoms with Gasteiger partial charge in [0.1, 0.15) is 5.75 Å². The molecule has 2 rings (SSSR count). The molecule has 1 aromatic carbocycles. The highest BCUT2D eigenvalue weighted by atomic mass is 16.5. The molecule has 0 saturated heterocycles. The number of methoxy groups -OCH3 is 1. The topological polar surface area (TPSA) is 35.3 Å². The Balaban J connectivity index is 2.68. The first-order valence-corrected chi connectivity index (χ1v) is 5.21. The summed E-state index contributed by atoms with van der Waals surface area (Å²) < 4.78 is 10.6. The first-order valence-electron chi connectivity index (χ1n) is 5.21. The summed E-state index contributed by atoms with van der Waals surface area (Å²) in [5, 5.41) is 3.75. The fourth-order valence-electron chi connectivity index (χ4n) is 1.98. The summed E-state index contributed by atoms with van der Waals surface area (Å²) in [5.74, 6) is 1.72. The number of hydrogen-bond acceptors (Lipinski definition) is 3. The molecule has 84 valence electrons. The van der Waals surface area contributed by atoms with Gasteiger partial charge in [0.2, 0.25) is 0 Å². The SMILES string of the molecule is COc1cc(C)c(-c2ccno2)c(C)c1C. The van der Waals surface area contributed by atoms with Crippen LogP contribution in [0.5, 0.6) is 5.75 Å². The number of rotatable bonds is 2. The molecule has 0 N–H and O–H groups in total. The molecule has 0 atom stereocenters. The van der Waals surface area contributed by atoms with E-state index in [1.165, 1.54) is 5.56 Å². The molecule has 0 aliphatic rings. The Bertz CT molecular complexity index is 501. The quantitative estimate of drug-likeness (QED) is 0.774. The smallest absolute Gasteiger partial charge is 0.167 e. The Morgan fingerprint density at radius 1 is 1.19 bits per heavy atom. The highest BCUT2D eigenvalue weighted by molar-refractivity contribution is 5.69. The zero-order valence-corrected chi connectivity index (χ0v) is 10.00. The minimum atomic E-state index is 0.806. The number of aryl methyl sites for hydroxylation is 1. The second kappa shape index (κ2) is 4.00. The monoisotopic (exact) mass is 217 g/mol. The molecule has 0 radical (unpaired) electrons. The molecule has 0 unspecified atom stereocenters. The minimum absolute atomic E-state index is 0.806. The van der Waals surface area contributed by atoms with E-state index in [-0.39, 0.29) is 0 Å². The predicted molar refractivity (Wildman–Crippen MR) is 62.7 cm³/mol. The molecule has 0 aliphatic carbocycles. The van der Waals surface area contributed by atoms with Crippen molar-refractivity contribution in [3.63, 3.8) is 0 Å². The molecule has 2 aromatic rings. The van der Waals surface area contributed by atoms with Gasteiger partial charge in [-0.3, -0.25) is 0 Å². The van der Waals surface area contributed by atoms with Crippen molar-refractivity contribution in [2.24, 2.45) is 0 Å². The summed E-state index contributed by atoms with van der Waals surface area (Å²) in [6.07, 6.45) is 1.66. The highest BCUT2D eigenvalue weighted by Crippen LogP contribution is 2.34. The average molecular weight is 217 g/mol. The molecule has 0 fully saturated rings. The maximum atomic E-state index is 5.33. The molecule has 0 aliphatic heterocycles. The van der Waals surface area contributed by atoms with Crippen LogP contribution in [0.4, 0.5) is 0 Å². The number of benzene rings is 1. The van der Waals surface area contributed by atoms with Crippen molar-refractivity contribution in [3.8, 4) is 17.1 Å². The molecule has 3 nitrogen and oxygen atoms in total. The van der Waals surface area contributed by atoms with Crippen molar-refractivity contribution in [3.05, 3.63) is 35.0 Å². The Labute approximate surface area is 95.0 Å². The van der Waals surface area contributed by atoms with Crippen molar-refractivity contribution < 1.29 is 9.26 Å². The lowest BCUT2D eigenvalue weighted by Gasteiger charge is -2.13. The van der Waals surface area contributed by atoms with Crippen molar-refractivity contribution in [2.75, 3.05) is 7.11 Å².